The highest BCUT2D eigenvalue weighted by atomic mass is 79.9. The van der Waals surface area contributed by atoms with Gasteiger partial charge in [-0.05, 0) is 22.0 Å². The average Bonchev–Trinajstić information content (AvgIpc) is 1.86. The van der Waals surface area contributed by atoms with E-state index in [1.807, 2.05) is 0 Å². The Bertz CT molecular complexity index is 245. The summed E-state index contributed by atoms with van der Waals surface area (Å²) < 4.78 is 36.2. The molecule has 0 fully saturated rings. The molecular formula is C5H3BBrF3N-. The van der Waals surface area contributed by atoms with Crippen LogP contribution in [0.2, 0.25) is 0 Å². The van der Waals surface area contributed by atoms with Crippen molar-refractivity contribution in [2.45, 2.75) is 0 Å². The quantitative estimate of drug-likeness (QED) is 0.525. The van der Waals surface area contributed by atoms with Crippen LogP contribution in [0.3, 0.4) is 0 Å². The van der Waals surface area contributed by atoms with E-state index >= 15 is 0 Å². The van der Waals surface area contributed by atoms with Crippen LogP contribution >= 0.6 is 15.9 Å². The molecule has 0 N–H and O–H groups in total. The van der Waals surface area contributed by atoms with Crippen LogP contribution in [0.25, 0.3) is 0 Å². The van der Waals surface area contributed by atoms with Gasteiger partial charge in [0.1, 0.15) is 4.60 Å². The SMILES string of the molecule is F[B-](F)(F)c1ccc(Br)nc1. The normalized spacial score (nSPS) is 11.6. The molecule has 0 aliphatic carbocycles. The second kappa shape index (κ2) is 2.85. The van der Waals surface area contributed by atoms with E-state index in [9.17, 15) is 12.9 Å². The highest BCUT2D eigenvalue weighted by molar-refractivity contribution is 9.10. The fourth-order valence-electron chi connectivity index (χ4n) is 0.581. The van der Waals surface area contributed by atoms with Gasteiger partial charge in [-0.25, -0.2) is 0 Å². The third-order valence-corrected chi connectivity index (χ3v) is 1.60. The molecule has 0 saturated carbocycles. The van der Waals surface area contributed by atoms with Crippen LogP contribution < -0.4 is 5.46 Å². The molecule has 0 bridgehead atoms. The molecule has 1 rings (SSSR count). The van der Waals surface area contributed by atoms with Crippen molar-refractivity contribution in [2.75, 3.05) is 0 Å². The van der Waals surface area contributed by atoms with Gasteiger partial charge in [-0.1, -0.05) is 11.5 Å². The number of hydrogen-bond donors (Lipinski definition) is 0. The molecule has 0 saturated heterocycles. The summed E-state index contributed by atoms with van der Waals surface area (Å²) in [5, 5.41) is 0. The van der Waals surface area contributed by atoms with Crippen LogP contribution in [0.15, 0.2) is 22.9 Å². The van der Waals surface area contributed by atoms with Crippen LogP contribution in [0.5, 0.6) is 0 Å². The zero-order valence-electron chi connectivity index (χ0n) is 5.27. The first-order valence-electron chi connectivity index (χ1n) is 2.81. The Balaban J connectivity index is 2.99. The molecule has 1 aromatic rings. The molecule has 1 aromatic heterocycles. The second-order valence-electron chi connectivity index (χ2n) is 1.99. The van der Waals surface area contributed by atoms with Gasteiger partial charge in [0.25, 0.3) is 0 Å². The fraction of sp³-hybridized carbons (Fsp3) is 0. The van der Waals surface area contributed by atoms with Crippen molar-refractivity contribution in [3.05, 3.63) is 22.9 Å². The molecular weight excluding hydrogens is 222 g/mol. The van der Waals surface area contributed by atoms with Gasteiger partial charge in [0.2, 0.25) is 0 Å². The number of halogens is 4. The first-order valence-corrected chi connectivity index (χ1v) is 3.61. The predicted octanol–water partition coefficient (Wildman–Crippen LogP) is 1.90. The number of pyridine rings is 1. The van der Waals surface area contributed by atoms with E-state index in [0.29, 0.717) is 4.60 Å². The van der Waals surface area contributed by atoms with Gasteiger partial charge >= 0.3 is 6.98 Å². The van der Waals surface area contributed by atoms with E-state index in [1.165, 1.54) is 6.07 Å². The monoisotopic (exact) mass is 224 g/mol. The minimum absolute atomic E-state index is 0.404. The Hall–Kier alpha value is -0.515. The predicted molar refractivity (Wildman–Crippen MR) is 40.6 cm³/mol. The minimum Gasteiger partial charge on any atom is -0.445 e. The Morgan fingerprint density at radius 2 is 1.91 bits per heavy atom. The molecule has 0 spiro atoms. The summed E-state index contributed by atoms with van der Waals surface area (Å²) in [4.78, 5) is 3.46. The van der Waals surface area contributed by atoms with Crippen molar-refractivity contribution in [3.8, 4) is 0 Å². The molecule has 0 aliphatic rings. The summed E-state index contributed by atoms with van der Waals surface area (Å²) in [6, 6.07) is 2.27. The largest absolute Gasteiger partial charge is 0.511 e. The smallest absolute Gasteiger partial charge is 0.445 e. The lowest BCUT2D eigenvalue weighted by Gasteiger charge is -2.13. The third kappa shape index (κ3) is 2.22. The maximum atomic E-state index is 11.9. The van der Waals surface area contributed by atoms with Crippen molar-refractivity contribution >= 4 is 28.4 Å². The lowest BCUT2D eigenvalue weighted by Crippen LogP contribution is -2.34. The first-order chi connectivity index (χ1) is 5.00. The lowest BCUT2D eigenvalue weighted by atomic mass is 9.82. The van der Waals surface area contributed by atoms with Gasteiger partial charge in [-0.15, -0.1) is 0 Å². The van der Waals surface area contributed by atoms with Gasteiger partial charge in [0, 0.05) is 6.20 Å². The summed E-state index contributed by atoms with van der Waals surface area (Å²) >= 11 is 2.94. The summed E-state index contributed by atoms with van der Waals surface area (Å²) in [6.07, 6.45) is 0.810. The first kappa shape index (κ1) is 8.58. The summed E-state index contributed by atoms with van der Waals surface area (Å²) in [5.74, 6) is 0. The highest BCUT2D eigenvalue weighted by Crippen LogP contribution is 2.09. The zero-order chi connectivity index (χ0) is 8.48. The van der Waals surface area contributed by atoms with E-state index < -0.39 is 12.4 Å². The van der Waals surface area contributed by atoms with Gasteiger partial charge in [-0.3, -0.25) is 4.98 Å². The van der Waals surface area contributed by atoms with E-state index in [4.69, 9.17) is 0 Å². The maximum absolute atomic E-state index is 11.9. The Morgan fingerprint density at radius 1 is 1.27 bits per heavy atom. The van der Waals surface area contributed by atoms with Crippen molar-refractivity contribution in [1.29, 1.82) is 0 Å². The molecule has 0 atom stereocenters. The van der Waals surface area contributed by atoms with Gasteiger partial charge in [0.15, 0.2) is 0 Å². The van der Waals surface area contributed by atoms with E-state index in [0.717, 1.165) is 12.3 Å². The van der Waals surface area contributed by atoms with Crippen molar-refractivity contribution < 1.29 is 12.9 Å². The molecule has 0 aliphatic heterocycles. The zero-order valence-corrected chi connectivity index (χ0v) is 6.85. The number of aromatic nitrogens is 1. The van der Waals surface area contributed by atoms with E-state index in [-0.39, 0.29) is 0 Å². The van der Waals surface area contributed by atoms with Crippen LogP contribution in [-0.4, -0.2) is 12.0 Å². The van der Waals surface area contributed by atoms with Gasteiger partial charge in [0.05, 0.1) is 0 Å². The topological polar surface area (TPSA) is 12.9 Å². The molecule has 1 heterocycles. The summed E-state index contributed by atoms with van der Waals surface area (Å²) in [7, 11) is 0. The van der Waals surface area contributed by atoms with Crippen LogP contribution in [-0.2, 0) is 0 Å². The Morgan fingerprint density at radius 3 is 2.27 bits per heavy atom. The molecule has 0 amide bonds. The molecule has 0 aromatic carbocycles. The minimum atomic E-state index is -4.90. The van der Waals surface area contributed by atoms with Crippen LogP contribution in [0, 0.1) is 0 Å². The van der Waals surface area contributed by atoms with Gasteiger partial charge in [-0.2, -0.15) is 0 Å². The molecule has 6 heteroatoms. The lowest BCUT2D eigenvalue weighted by molar-refractivity contribution is 0.500. The van der Waals surface area contributed by atoms with Crippen molar-refractivity contribution in [3.63, 3.8) is 0 Å². The van der Waals surface area contributed by atoms with Crippen LogP contribution in [0.1, 0.15) is 0 Å². The molecule has 0 unspecified atom stereocenters. The Kier molecular flexibility index (Phi) is 2.22. The van der Waals surface area contributed by atoms with Crippen LogP contribution in [0.4, 0.5) is 12.9 Å². The third-order valence-electron chi connectivity index (χ3n) is 1.13. The number of nitrogens with zero attached hydrogens (tertiary/aromatic N) is 1. The van der Waals surface area contributed by atoms with E-state index in [1.54, 1.807) is 0 Å². The standard InChI is InChI=1S/C5H3BBrF3N/c7-5-2-1-4(3-11-5)6(8,9)10/h1-3H/q-1. The molecule has 60 valence electrons. The van der Waals surface area contributed by atoms with Crippen molar-refractivity contribution in [2.24, 2.45) is 0 Å². The highest BCUT2D eigenvalue weighted by Gasteiger charge is 2.25. The molecule has 0 radical (unpaired) electrons. The Labute approximate surface area is 69.8 Å². The maximum Gasteiger partial charge on any atom is 0.511 e. The average molecular weight is 225 g/mol. The van der Waals surface area contributed by atoms with Crippen molar-refractivity contribution in [1.82, 2.24) is 4.98 Å². The number of rotatable bonds is 1. The second-order valence-corrected chi connectivity index (χ2v) is 2.80. The summed E-state index contributed by atoms with van der Waals surface area (Å²) in [6.45, 7) is -4.90. The summed E-state index contributed by atoms with van der Waals surface area (Å²) in [5.41, 5.74) is -0.673. The number of hydrogen-bond acceptors (Lipinski definition) is 1. The fourth-order valence-corrected chi connectivity index (χ4v) is 0.815. The molecule has 11 heavy (non-hydrogen) atoms. The van der Waals surface area contributed by atoms with Gasteiger partial charge < -0.3 is 12.9 Å². The van der Waals surface area contributed by atoms with E-state index in [2.05, 4.69) is 20.9 Å². The molecule has 1 nitrogen and oxygen atoms in total.